The van der Waals surface area contributed by atoms with Gasteiger partial charge in [0.2, 0.25) is 0 Å². The molecule has 2 rings (SSSR count). The van der Waals surface area contributed by atoms with Crippen LogP contribution in [0.15, 0.2) is 0 Å². The molecule has 2 fully saturated rings. The Balaban J connectivity index is 2.11. The van der Waals surface area contributed by atoms with Crippen molar-refractivity contribution in [1.82, 2.24) is 0 Å². The maximum atomic E-state index is 2.51. The molecule has 5 unspecified atom stereocenters. The molecule has 2 saturated carbocycles. The zero-order chi connectivity index (χ0) is 9.09. The summed E-state index contributed by atoms with van der Waals surface area (Å²) < 4.78 is 0. The van der Waals surface area contributed by atoms with Crippen LogP contribution in [-0.2, 0) is 0 Å². The van der Waals surface area contributed by atoms with Crippen molar-refractivity contribution in [3.05, 3.63) is 0 Å². The molecule has 0 heterocycles. The van der Waals surface area contributed by atoms with E-state index >= 15 is 0 Å². The lowest BCUT2D eigenvalue weighted by Gasteiger charge is -2.72. The first-order valence-electron chi connectivity index (χ1n) is 5.49. The second-order valence-corrected chi connectivity index (χ2v) is 5.72. The van der Waals surface area contributed by atoms with Crippen molar-refractivity contribution in [2.45, 2.75) is 41.0 Å². The first kappa shape index (κ1) is 8.59. The van der Waals surface area contributed by atoms with Gasteiger partial charge in [-0.3, -0.25) is 0 Å². The predicted octanol–water partition coefficient (Wildman–Crippen LogP) is 3.57. The number of hydrogen-bond acceptors (Lipinski definition) is 0. The molecule has 0 radical (unpaired) electrons. The Morgan fingerprint density at radius 3 is 2.17 bits per heavy atom. The van der Waals surface area contributed by atoms with Crippen molar-refractivity contribution < 1.29 is 0 Å². The summed E-state index contributed by atoms with van der Waals surface area (Å²) in [6, 6.07) is 0. The van der Waals surface area contributed by atoms with Gasteiger partial charge in [0.15, 0.2) is 0 Å². The molecule has 2 aliphatic rings. The van der Waals surface area contributed by atoms with Crippen molar-refractivity contribution in [2.75, 3.05) is 0 Å². The van der Waals surface area contributed by atoms with Gasteiger partial charge in [-0.25, -0.2) is 0 Å². The Hall–Kier alpha value is 0. The predicted molar refractivity (Wildman–Crippen MR) is 52.9 cm³/mol. The summed E-state index contributed by atoms with van der Waals surface area (Å²) in [6.45, 7) is 12.2. The quantitative estimate of drug-likeness (QED) is 0.558. The summed E-state index contributed by atoms with van der Waals surface area (Å²) in [5.41, 5.74) is 0.731. The van der Waals surface area contributed by atoms with Crippen molar-refractivity contribution >= 4 is 0 Å². The van der Waals surface area contributed by atoms with E-state index in [1.54, 1.807) is 0 Å². The largest absolute Gasteiger partial charge is 0.0625 e. The number of hydrogen-bond donors (Lipinski definition) is 0. The van der Waals surface area contributed by atoms with Crippen LogP contribution in [0, 0.1) is 35.0 Å². The van der Waals surface area contributed by atoms with Crippen LogP contribution in [0.25, 0.3) is 0 Å². The maximum Gasteiger partial charge on any atom is -0.0240 e. The molecule has 0 aromatic heterocycles. The van der Waals surface area contributed by atoms with Crippen LogP contribution in [0.5, 0.6) is 0 Å². The highest BCUT2D eigenvalue weighted by molar-refractivity contribution is 5.13. The lowest BCUT2D eigenvalue weighted by molar-refractivity contribution is -0.237. The second kappa shape index (κ2) is 2.27. The molecular weight excluding hydrogens is 144 g/mol. The first-order chi connectivity index (χ1) is 5.49. The second-order valence-electron chi connectivity index (χ2n) is 5.72. The molecule has 2 aliphatic carbocycles. The zero-order valence-electron chi connectivity index (χ0n) is 9.09. The van der Waals surface area contributed by atoms with Crippen molar-refractivity contribution in [3.63, 3.8) is 0 Å². The van der Waals surface area contributed by atoms with Gasteiger partial charge in [0.05, 0.1) is 0 Å². The Morgan fingerprint density at radius 2 is 1.83 bits per heavy atom. The standard InChI is InChI=1S/C12H22/c1-7(2)11-9(4)12(5)8(3)6-10(11)12/h7-11H,6H2,1-5H3. The van der Waals surface area contributed by atoms with Gasteiger partial charge in [0, 0.05) is 0 Å². The van der Waals surface area contributed by atoms with E-state index in [2.05, 4.69) is 34.6 Å². The molecule has 5 atom stereocenters. The minimum atomic E-state index is 0.731. The zero-order valence-corrected chi connectivity index (χ0v) is 9.09. The smallest absolute Gasteiger partial charge is 0.0240 e. The molecule has 0 N–H and O–H groups in total. The van der Waals surface area contributed by atoms with E-state index < -0.39 is 0 Å². The summed E-state index contributed by atoms with van der Waals surface area (Å²) >= 11 is 0. The van der Waals surface area contributed by atoms with Crippen molar-refractivity contribution in [1.29, 1.82) is 0 Å². The average molecular weight is 166 g/mol. The van der Waals surface area contributed by atoms with Crippen LogP contribution in [-0.4, -0.2) is 0 Å². The maximum absolute atomic E-state index is 2.51. The molecule has 0 aromatic rings. The van der Waals surface area contributed by atoms with E-state index in [4.69, 9.17) is 0 Å². The third-order valence-corrected chi connectivity index (χ3v) is 5.26. The van der Waals surface area contributed by atoms with Crippen molar-refractivity contribution in [3.8, 4) is 0 Å². The van der Waals surface area contributed by atoms with Gasteiger partial charge in [0.1, 0.15) is 0 Å². The van der Waals surface area contributed by atoms with Gasteiger partial charge >= 0.3 is 0 Å². The van der Waals surface area contributed by atoms with E-state index in [1.807, 2.05) is 0 Å². The third-order valence-electron chi connectivity index (χ3n) is 5.26. The molecule has 0 saturated heterocycles. The van der Waals surface area contributed by atoms with E-state index in [0.717, 1.165) is 35.0 Å². The summed E-state index contributed by atoms with van der Waals surface area (Å²) in [6.07, 6.45) is 1.50. The summed E-state index contributed by atoms with van der Waals surface area (Å²) in [4.78, 5) is 0. The molecule has 0 aromatic carbocycles. The summed E-state index contributed by atoms with van der Waals surface area (Å²) in [5.74, 6) is 4.98. The lowest BCUT2D eigenvalue weighted by atomic mass is 9.33. The molecule has 0 spiro atoms. The van der Waals surface area contributed by atoms with Gasteiger partial charge in [-0.15, -0.1) is 0 Å². The third kappa shape index (κ3) is 0.701. The van der Waals surface area contributed by atoms with Gasteiger partial charge in [-0.05, 0) is 41.4 Å². The highest BCUT2D eigenvalue weighted by Gasteiger charge is 2.65. The van der Waals surface area contributed by atoms with Crippen LogP contribution in [0.2, 0.25) is 0 Å². The highest BCUT2D eigenvalue weighted by atomic mass is 14.7. The van der Waals surface area contributed by atoms with Gasteiger partial charge in [-0.1, -0.05) is 34.6 Å². The van der Waals surface area contributed by atoms with Crippen LogP contribution in [0.3, 0.4) is 0 Å². The molecule has 12 heavy (non-hydrogen) atoms. The van der Waals surface area contributed by atoms with E-state index in [-0.39, 0.29) is 0 Å². The molecule has 0 heteroatoms. The number of fused-ring (bicyclic) bond motifs is 1. The SMILES string of the molecule is CC(C)C1C(C)C2(C)C(C)CC12. The highest BCUT2D eigenvalue weighted by Crippen LogP contribution is 2.71. The fraction of sp³-hybridized carbons (Fsp3) is 1.00. The Morgan fingerprint density at radius 1 is 1.25 bits per heavy atom. The topological polar surface area (TPSA) is 0 Å². The van der Waals surface area contributed by atoms with Crippen LogP contribution in [0.4, 0.5) is 0 Å². The molecule has 0 aliphatic heterocycles. The van der Waals surface area contributed by atoms with Crippen LogP contribution < -0.4 is 0 Å². The van der Waals surface area contributed by atoms with E-state index in [0.29, 0.717) is 0 Å². The molecule has 0 bridgehead atoms. The molecular formula is C12H22. The van der Waals surface area contributed by atoms with Gasteiger partial charge in [-0.2, -0.15) is 0 Å². The van der Waals surface area contributed by atoms with E-state index in [1.165, 1.54) is 6.42 Å². The lowest BCUT2D eigenvalue weighted by Crippen LogP contribution is -2.66. The Labute approximate surface area is 76.7 Å². The van der Waals surface area contributed by atoms with E-state index in [9.17, 15) is 0 Å². The minimum Gasteiger partial charge on any atom is -0.0625 e. The normalized spacial score (nSPS) is 57.5. The van der Waals surface area contributed by atoms with Gasteiger partial charge < -0.3 is 0 Å². The van der Waals surface area contributed by atoms with Crippen LogP contribution >= 0.6 is 0 Å². The van der Waals surface area contributed by atoms with Gasteiger partial charge in [0.25, 0.3) is 0 Å². The van der Waals surface area contributed by atoms with Crippen molar-refractivity contribution in [2.24, 2.45) is 35.0 Å². The Bertz CT molecular complexity index is 186. The number of rotatable bonds is 1. The fourth-order valence-electron chi connectivity index (χ4n) is 4.14. The average Bonchev–Trinajstić information content (AvgIpc) is 2.02. The molecule has 0 amide bonds. The minimum absolute atomic E-state index is 0.731. The summed E-state index contributed by atoms with van der Waals surface area (Å²) in [5, 5.41) is 0. The monoisotopic (exact) mass is 166 g/mol. The first-order valence-corrected chi connectivity index (χ1v) is 5.49. The molecule has 70 valence electrons. The fourth-order valence-corrected chi connectivity index (χ4v) is 4.14. The summed E-state index contributed by atoms with van der Waals surface area (Å²) in [7, 11) is 0. The molecule has 0 nitrogen and oxygen atoms in total. The Kier molecular flexibility index (Phi) is 1.63. The van der Waals surface area contributed by atoms with Crippen LogP contribution in [0.1, 0.15) is 41.0 Å².